The molecule has 0 saturated carbocycles. The van der Waals surface area contributed by atoms with Gasteiger partial charge in [-0.3, -0.25) is 19.6 Å². The molecule has 0 bridgehead atoms. The van der Waals surface area contributed by atoms with Crippen molar-refractivity contribution in [1.29, 1.82) is 0 Å². The van der Waals surface area contributed by atoms with E-state index in [0.717, 1.165) is 0 Å². The van der Waals surface area contributed by atoms with Crippen molar-refractivity contribution in [3.05, 3.63) is 98.5 Å². The molecule has 4 N–H and O–H groups in total. The van der Waals surface area contributed by atoms with E-state index in [-0.39, 0.29) is 24.6 Å². The molecule has 14 heteroatoms. The Kier molecular flexibility index (Phi) is 7.72. The fourth-order valence-electron chi connectivity index (χ4n) is 3.09. The first-order valence-corrected chi connectivity index (χ1v) is 11.6. The average Bonchev–Trinajstić information content (AvgIpc) is 3.54. The fourth-order valence-corrected chi connectivity index (χ4v) is 4.05. The Balaban J connectivity index is 1.57. The van der Waals surface area contributed by atoms with Gasteiger partial charge in [-0.15, -0.1) is 16.4 Å². The minimum Gasteiger partial charge on any atom is -0.485 e. The molecule has 36 heavy (non-hydrogen) atoms. The molecule has 184 valence electrons. The molecule has 0 radical (unpaired) electrons. The summed E-state index contributed by atoms with van der Waals surface area (Å²) < 4.78 is 9.45. The molecule has 1 amide bonds. The van der Waals surface area contributed by atoms with E-state index in [0.29, 0.717) is 37.7 Å². The third-order valence-electron chi connectivity index (χ3n) is 4.73. The number of hydrogen-bond donors (Lipinski definition) is 3. The molecule has 0 unspecified atom stereocenters. The minimum atomic E-state index is -0.260. The molecule has 3 aromatic heterocycles. The summed E-state index contributed by atoms with van der Waals surface area (Å²) in [6.45, 7) is 3.98. The monoisotopic (exact) mass is 525 g/mol. The number of nitrogens with one attached hydrogen (secondary N) is 2. The normalized spacial score (nSPS) is 10.9. The van der Waals surface area contributed by atoms with Gasteiger partial charge in [-0.2, -0.15) is 0 Å². The lowest BCUT2D eigenvalue weighted by molar-refractivity contribution is 0.0954. The van der Waals surface area contributed by atoms with Crippen molar-refractivity contribution in [2.45, 2.75) is 6.54 Å². The first kappa shape index (κ1) is 24.6. The number of nitrogens with zero attached hydrogens (tertiary/aromatic N) is 6. The van der Waals surface area contributed by atoms with Crippen LogP contribution >= 0.6 is 22.9 Å². The zero-order valence-electron chi connectivity index (χ0n) is 18.7. The molecular formula is C22H20ClN9O3S. The Labute approximate surface area is 213 Å². The van der Waals surface area contributed by atoms with Crippen molar-refractivity contribution < 1.29 is 9.53 Å². The van der Waals surface area contributed by atoms with Gasteiger partial charge in [0.25, 0.3) is 11.5 Å². The van der Waals surface area contributed by atoms with Gasteiger partial charge in [0.1, 0.15) is 23.7 Å². The zero-order valence-corrected chi connectivity index (χ0v) is 20.2. The highest BCUT2D eigenvalue weighted by atomic mass is 35.5. The summed E-state index contributed by atoms with van der Waals surface area (Å²) in [7, 11) is 0. The quantitative estimate of drug-likeness (QED) is 0.163. The van der Waals surface area contributed by atoms with Crippen LogP contribution in [0.2, 0.25) is 4.34 Å². The lowest BCUT2D eigenvalue weighted by Gasteiger charge is -2.14. The van der Waals surface area contributed by atoms with Crippen LogP contribution in [0.15, 0.2) is 88.4 Å². The summed E-state index contributed by atoms with van der Waals surface area (Å²) >= 11 is 7.08. The molecule has 0 spiro atoms. The predicted octanol–water partition coefficient (Wildman–Crippen LogP) is 2.79. The van der Waals surface area contributed by atoms with Gasteiger partial charge in [0.05, 0.1) is 33.3 Å². The van der Waals surface area contributed by atoms with E-state index in [1.54, 1.807) is 54.9 Å². The van der Waals surface area contributed by atoms with E-state index >= 15 is 0 Å². The van der Waals surface area contributed by atoms with E-state index in [1.165, 1.54) is 26.7 Å². The lowest BCUT2D eigenvalue weighted by atomic mass is 10.2. The van der Waals surface area contributed by atoms with Gasteiger partial charge in [-0.05, 0) is 30.3 Å². The Bertz CT molecular complexity index is 1480. The van der Waals surface area contributed by atoms with E-state index in [1.807, 2.05) is 0 Å². The van der Waals surface area contributed by atoms with Crippen LogP contribution in [0.3, 0.4) is 0 Å². The zero-order chi connectivity index (χ0) is 25.5. The number of ether oxygens (including phenoxy) is 1. The molecule has 12 nitrogen and oxygen atoms in total. The number of aromatic nitrogens is 4. The van der Waals surface area contributed by atoms with E-state index in [2.05, 4.69) is 38.1 Å². The van der Waals surface area contributed by atoms with E-state index in [4.69, 9.17) is 22.2 Å². The second kappa shape index (κ2) is 11.3. The fraction of sp³-hybridized carbons (Fsp3) is 0.0909. The number of amides is 1. The minimum absolute atomic E-state index is 0.0279. The number of thiophene rings is 1. The topological polar surface area (TPSA) is 154 Å². The Morgan fingerprint density at radius 1 is 1.25 bits per heavy atom. The molecule has 3 heterocycles. The van der Waals surface area contributed by atoms with Gasteiger partial charge in [0.15, 0.2) is 0 Å². The van der Waals surface area contributed by atoms with Crippen molar-refractivity contribution in [3.8, 4) is 17.1 Å². The summed E-state index contributed by atoms with van der Waals surface area (Å²) in [5.74, 6) is 5.13. The van der Waals surface area contributed by atoms with Gasteiger partial charge in [0, 0.05) is 18.3 Å². The molecule has 0 aliphatic rings. The highest BCUT2D eigenvalue weighted by Gasteiger charge is 2.14. The maximum atomic E-state index is 12.3. The van der Waals surface area contributed by atoms with Gasteiger partial charge >= 0.3 is 0 Å². The number of pyridine rings is 1. The third-order valence-corrected chi connectivity index (χ3v) is 5.96. The SMILES string of the molecule is C=C(COc1cc(-n2ccccc2=O)ccc1-n1cc(CNC(=O)c2ccc(Cl)s2)nn1)N/N=N\N. The average molecular weight is 526 g/mol. The molecule has 4 rings (SSSR count). The van der Waals surface area contributed by atoms with Crippen LogP contribution < -0.4 is 26.9 Å². The maximum Gasteiger partial charge on any atom is 0.261 e. The summed E-state index contributed by atoms with van der Waals surface area (Å²) in [4.78, 5) is 25.1. The van der Waals surface area contributed by atoms with Crippen molar-refractivity contribution in [1.82, 2.24) is 30.3 Å². The highest BCUT2D eigenvalue weighted by molar-refractivity contribution is 7.17. The van der Waals surface area contributed by atoms with Crippen LogP contribution in [0.1, 0.15) is 15.4 Å². The number of nitrogens with two attached hydrogens (primary N) is 1. The van der Waals surface area contributed by atoms with Crippen LogP contribution in [-0.2, 0) is 6.54 Å². The first-order chi connectivity index (χ1) is 17.4. The van der Waals surface area contributed by atoms with Crippen molar-refractivity contribution in [3.63, 3.8) is 0 Å². The molecule has 0 fully saturated rings. The number of carbonyl (C=O) groups is 1. The molecule has 0 aliphatic carbocycles. The van der Waals surface area contributed by atoms with E-state index < -0.39 is 0 Å². The number of rotatable bonds is 10. The number of benzene rings is 1. The highest BCUT2D eigenvalue weighted by Crippen LogP contribution is 2.26. The smallest absolute Gasteiger partial charge is 0.261 e. The second-order valence-electron chi connectivity index (χ2n) is 7.22. The van der Waals surface area contributed by atoms with Gasteiger partial charge in [-0.25, -0.2) is 4.68 Å². The van der Waals surface area contributed by atoms with Crippen molar-refractivity contribution in [2.75, 3.05) is 6.61 Å². The molecular weight excluding hydrogens is 506 g/mol. The van der Waals surface area contributed by atoms with Crippen LogP contribution in [0, 0.1) is 0 Å². The summed E-state index contributed by atoms with van der Waals surface area (Å²) in [5.41, 5.74) is 4.39. The molecule has 0 saturated heterocycles. The summed E-state index contributed by atoms with van der Waals surface area (Å²) in [5, 5.41) is 17.6. The number of halogens is 1. The molecule has 4 aromatic rings. The molecule has 0 aliphatic heterocycles. The van der Waals surface area contributed by atoms with Crippen molar-refractivity contribution in [2.24, 2.45) is 16.3 Å². The Morgan fingerprint density at radius 3 is 2.86 bits per heavy atom. The number of carbonyl (C=O) groups excluding carboxylic acids is 1. The second-order valence-corrected chi connectivity index (χ2v) is 8.94. The largest absolute Gasteiger partial charge is 0.485 e. The lowest BCUT2D eigenvalue weighted by Crippen LogP contribution is -2.21. The Hall–Kier alpha value is -4.49. The van der Waals surface area contributed by atoms with Crippen LogP contribution in [0.5, 0.6) is 5.75 Å². The molecule has 1 aromatic carbocycles. The van der Waals surface area contributed by atoms with Gasteiger partial charge in [-0.1, -0.05) is 39.9 Å². The molecule has 0 atom stereocenters. The van der Waals surface area contributed by atoms with Gasteiger partial charge < -0.3 is 15.9 Å². The van der Waals surface area contributed by atoms with Crippen molar-refractivity contribution >= 4 is 28.8 Å². The van der Waals surface area contributed by atoms with Gasteiger partial charge in [0.2, 0.25) is 0 Å². The van der Waals surface area contributed by atoms with Crippen LogP contribution in [0.25, 0.3) is 11.4 Å². The first-order valence-electron chi connectivity index (χ1n) is 10.4. The standard InChI is InChI=1S/C22H20ClN9O3S/c1-14(26-29-28-24)13-35-18-10-16(31-9-3-2-4-21(31)33)5-6-17(18)32-12-15(27-30-32)11-25-22(34)19-7-8-20(23)36-19/h2-10,12H,1,11,13H2,(H2,24,29)(H,25,34)(H,26,28). The predicted molar refractivity (Wildman–Crippen MR) is 134 cm³/mol. The van der Waals surface area contributed by atoms with Crippen LogP contribution in [-0.4, -0.2) is 32.1 Å². The Morgan fingerprint density at radius 2 is 2.11 bits per heavy atom. The van der Waals surface area contributed by atoms with E-state index in [9.17, 15) is 9.59 Å². The maximum absolute atomic E-state index is 12.3. The van der Waals surface area contributed by atoms with Crippen LogP contribution in [0.4, 0.5) is 0 Å². The summed E-state index contributed by atoms with van der Waals surface area (Å²) in [6.07, 6.45) is 3.31. The summed E-state index contributed by atoms with van der Waals surface area (Å²) in [6, 6.07) is 13.4. The number of hydrogen-bond acceptors (Lipinski definition) is 8. The third kappa shape index (κ3) is 5.95.